The number of hydrazone groups is 1. The van der Waals surface area contributed by atoms with Gasteiger partial charge in [0.05, 0.1) is 30.7 Å². The maximum Gasteiger partial charge on any atom is 0.307 e. The van der Waals surface area contributed by atoms with Crippen LogP contribution >= 0.6 is 15.9 Å². The summed E-state index contributed by atoms with van der Waals surface area (Å²) in [5, 5.41) is 3.89. The van der Waals surface area contributed by atoms with Crippen LogP contribution in [0.3, 0.4) is 0 Å². The second-order valence-corrected chi connectivity index (χ2v) is 5.00. The van der Waals surface area contributed by atoms with E-state index in [1.54, 1.807) is 25.3 Å². The summed E-state index contributed by atoms with van der Waals surface area (Å²) < 4.78 is 16.5. The van der Waals surface area contributed by atoms with Crippen LogP contribution in [0.2, 0.25) is 0 Å². The van der Waals surface area contributed by atoms with Crippen LogP contribution in [-0.4, -0.2) is 25.8 Å². The Balaban J connectivity index is 2.12. The van der Waals surface area contributed by atoms with Crippen molar-refractivity contribution in [3.63, 3.8) is 0 Å². The quantitative estimate of drug-likeness (QED) is 0.629. The molecule has 0 radical (unpaired) electrons. The van der Waals surface area contributed by atoms with Gasteiger partial charge in [-0.1, -0.05) is 0 Å². The van der Waals surface area contributed by atoms with Crippen LogP contribution < -0.4 is 14.9 Å². The van der Waals surface area contributed by atoms with E-state index in [9.17, 15) is 4.79 Å². The maximum absolute atomic E-state index is 11.7. The molecular formula is C15H15BrN2O4. The molecule has 6 nitrogen and oxygen atoms in total. The first kappa shape index (κ1) is 16.1. The molecule has 0 fully saturated rings. The van der Waals surface area contributed by atoms with Gasteiger partial charge >= 0.3 is 5.91 Å². The van der Waals surface area contributed by atoms with E-state index in [-0.39, 0.29) is 5.76 Å². The Morgan fingerprint density at radius 2 is 2.32 bits per heavy atom. The predicted molar refractivity (Wildman–Crippen MR) is 85.6 cm³/mol. The Bertz CT molecular complexity index is 668. The third-order valence-electron chi connectivity index (χ3n) is 2.66. The molecule has 1 aromatic carbocycles. The van der Waals surface area contributed by atoms with Gasteiger partial charge in [-0.15, -0.1) is 0 Å². The summed E-state index contributed by atoms with van der Waals surface area (Å²) in [6.07, 6.45) is 2.93. The third kappa shape index (κ3) is 3.88. The summed E-state index contributed by atoms with van der Waals surface area (Å²) in [6.45, 7) is 2.40. The molecule has 1 aromatic heterocycles. The second kappa shape index (κ2) is 7.65. The minimum absolute atomic E-state index is 0.197. The Hall–Kier alpha value is -2.28. The van der Waals surface area contributed by atoms with Crippen LogP contribution in [-0.2, 0) is 0 Å². The number of carbonyl (C=O) groups excluding carboxylic acids is 1. The van der Waals surface area contributed by atoms with E-state index in [1.165, 1.54) is 12.5 Å². The van der Waals surface area contributed by atoms with E-state index < -0.39 is 5.91 Å². The van der Waals surface area contributed by atoms with Gasteiger partial charge in [0.1, 0.15) is 0 Å². The number of ether oxygens (including phenoxy) is 2. The first-order valence-electron chi connectivity index (χ1n) is 6.53. The SMILES string of the molecule is CCOc1cc(/C=N\NC(=O)c2ccco2)cc(Br)c1OC. The van der Waals surface area contributed by atoms with Gasteiger partial charge in [0.15, 0.2) is 17.3 Å². The van der Waals surface area contributed by atoms with Gasteiger partial charge in [0.25, 0.3) is 0 Å². The number of carbonyl (C=O) groups is 1. The summed E-state index contributed by atoms with van der Waals surface area (Å²) in [5.74, 6) is 0.985. The molecule has 1 heterocycles. The highest BCUT2D eigenvalue weighted by atomic mass is 79.9. The van der Waals surface area contributed by atoms with Crippen LogP contribution in [0.4, 0.5) is 0 Å². The summed E-state index contributed by atoms with van der Waals surface area (Å²) in [7, 11) is 1.57. The van der Waals surface area contributed by atoms with Crippen molar-refractivity contribution in [2.45, 2.75) is 6.92 Å². The molecule has 0 unspecified atom stereocenters. The highest BCUT2D eigenvalue weighted by molar-refractivity contribution is 9.10. The number of halogens is 1. The molecule has 22 heavy (non-hydrogen) atoms. The van der Waals surface area contributed by atoms with Crippen molar-refractivity contribution >= 4 is 28.1 Å². The number of amides is 1. The van der Waals surface area contributed by atoms with Crippen molar-refractivity contribution in [2.75, 3.05) is 13.7 Å². The summed E-state index contributed by atoms with van der Waals surface area (Å²) in [6, 6.07) is 6.77. The van der Waals surface area contributed by atoms with E-state index in [0.29, 0.717) is 18.1 Å². The van der Waals surface area contributed by atoms with Gasteiger partial charge in [0, 0.05) is 0 Å². The van der Waals surface area contributed by atoms with Crippen LogP contribution in [0.25, 0.3) is 0 Å². The number of hydrogen-bond donors (Lipinski definition) is 1. The zero-order chi connectivity index (χ0) is 15.9. The number of furan rings is 1. The molecule has 2 aromatic rings. The molecule has 0 aliphatic rings. The number of nitrogens with one attached hydrogen (secondary N) is 1. The van der Waals surface area contributed by atoms with Crippen molar-refractivity contribution in [2.24, 2.45) is 5.10 Å². The van der Waals surface area contributed by atoms with Crippen LogP contribution in [0.1, 0.15) is 23.0 Å². The molecular weight excluding hydrogens is 352 g/mol. The third-order valence-corrected chi connectivity index (χ3v) is 3.25. The fraction of sp³-hybridized carbons (Fsp3) is 0.200. The van der Waals surface area contributed by atoms with Gasteiger partial charge in [-0.25, -0.2) is 5.43 Å². The summed E-state index contributed by atoms with van der Waals surface area (Å²) >= 11 is 3.41. The minimum atomic E-state index is -0.418. The largest absolute Gasteiger partial charge is 0.492 e. The van der Waals surface area contributed by atoms with Crippen molar-refractivity contribution in [1.82, 2.24) is 5.43 Å². The normalized spacial score (nSPS) is 10.7. The second-order valence-electron chi connectivity index (χ2n) is 4.14. The van der Waals surface area contributed by atoms with E-state index >= 15 is 0 Å². The Morgan fingerprint density at radius 1 is 1.50 bits per heavy atom. The van der Waals surface area contributed by atoms with Gasteiger partial charge in [-0.2, -0.15) is 5.10 Å². The van der Waals surface area contributed by atoms with Crippen molar-refractivity contribution in [1.29, 1.82) is 0 Å². The van der Waals surface area contributed by atoms with Crippen molar-refractivity contribution < 1.29 is 18.7 Å². The topological polar surface area (TPSA) is 73.1 Å². The average Bonchev–Trinajstić information content (AvgIpc) is 3.01. The fourth-order valence-corrected chi connectivity index (χ4v) is 2.37. The lowest BCUT2D eigenvalue weighted by Crippen LogP contribution is -2.16. The van der Waals surface area contributed by atoms with Crippen LogP contribution in [0.15, 0.2) is 44.5 Å². The van der Waals surface area contributed by atoms with Gasteiger partial charge in [0.2, 0.25) is 0 Å². The average molecular weight is 367 g/mol. The van der Waals surface area contributed by atoms with Gasteiger partial charge in [-0.05, 0) is 52.7 Å². The molecule has 2 rings (SSSR count). The zero-order valence-electron chi connectivity index (χ0n) is 12.1. The molecule has 1 amide bonds. The Labute approximate surface area is 136 Å². The number of benzene rings is 1. The summed E-state index contributed by atoms with van der Waals surface area (Å²) in [5.41, 5.74) is 3.13. The lowest BCUT2D eigenvalue weighted by molar-refractivity contribution is 0.0927. The molecule has 0 spiro atoms. The molecule has 0 aliphatic heterocycles. The smallest absolute Gasteiger partial charge is 0.307 e. The van der Waals surface area contributed by atoms with E-state index in [0.717, 1.165) is 10.0 Å². The van der Waals surface area contributed by atoms with Crippen molar-refractivity contribution in [3.8, 4) is 11.5 Å². The fourth-order valence-electron chi connectivity index (χ4n) is 1.75. The van der Waals surface area contributed by atoms with E-state index in [4.69, 9.17) is 13.9 Å². The monoisotopic (exact) mass is 366 g/mol. The lowest BCUT2D eigenvalue weighted by Gasteiger charge is -2.11. The highest BCUT2D eigenvalue weighted by Gasteiger charge is 2.10. The lowest BCUT2D eigenvalue weighted by atomic mass is 10.2. The minimum Gasteiger partial charge on any atom is -0.492 e. The standard InChI is InChI=1S/C15H15BrN2O4/c1-3-21-13-8-10(7-11(16)14(13)20-2)9-17-18-15(19)12-5-4-6-22-12/h4-9H,3H2,1-2H3,(H,18,19)/b17-9-. The number of nitrogens with zero attached hydrogens (tertiary/aromatic N) is 1. The first-order chi connectivity index (χ1) is 10.7. The van der Waals surface area contributed by atoms with E-state index in [1.807, 2.05) is 13.0 Å². The molecule has 0 aliphatic carbocycles. The number of hydrogen-bond acceptors (Lipinski definition) is 5. The van der Waals surface area contributed by atoms with Crippen molar-refractivity contribution in [3.05, 3.63) is 46.3 Å². The van der Waals surface area contributed by atoms with Gasteiger partial charge < -0.3 is 13.9 Å². The molecule has 116 valence electrons. The Morgan fingerprint density at radius 3 is 2.95 bits per heavy atom. The number of methoxy groups -OCH3 is 1. The molecule has 7 heteroatoms. The number of rotatable bonds is 6. The summed E-state index contributed by atoms with van der Waals surface area (Å²) in [4.78, 5) is 11.7. The highest BCUT2D eigenvalue weighted by Crippen LogP contribution is 2.36. The predicted octanol–water partition coefficient (Wildman–Crippen LogP) is 3.21. The zero-order valence-corrected chi connectivity index (χ0v) is 13.7. The molecule has 0 atom stereocenters. The Kier molecular flexibility index (Phi) is 5.60. The molecule has 0 saturated carbocycles. The first-order valence-corrected chi connectivity index (χ1v) is 7.32. The van der Waals surface area contributed by atoms with E-state index in [2.05, 4.69) is 26.5 Å². The van der Waals surface area contributed by atoms with Crippen LogP contribution in [0.5, 0.6) is 11.5 Å². The molecule has 0 saturated heterocycles. The maximum atomic E-state index is 11.7. The molecule has 0 bridgehead atoms. The van der Waals surface area contributed by atoms with Gasteiger partial charge in [-0.3, -0.25) is 4.79 Å². The van der Waals surface area contributed by atoms with Crippen LogP contribution in [0, 0.1) is 0 Å². The molecule has 1 N–H and O–H groups in total.